The molecule has 0 aliphatic heterocycles. The molecule has 1 unspecified atom stereocenters. The Bertz CT molecular complexity index is 338. The molecule has 0 saturated carbocycles. The molecule has 6 heteroatoms. The van der Waals surface area contributed by atoms with E-state index in [0.717, 1.165) is 19.0 Å². The molecule has 16 heavy (non-hydrogen) atoms. The number of anilines is 1. The second-order valence-corrected chi connectivity index (χ2v) is 4.66. The van der Waals surface area contributed by atoms with E-state index in [2.05, 4.69) is 22.2 Å². The van der Waals surface area contributed by atoms with Gasteiger partial charge in [-0.15, -0.1) is 0 Å². The zero-order chi connectivity index (χ0) is 12.0. The van der Waals surface area contributed by atoms with Crippen LogP contribution in [0.3, 0.4) is 0 Å². The zero-order valence-corrected chi connectivity index (χ0v) is 11.2. The molecule has 1 N–H and O–H groups in total. The predicted molar refractivity (Wildman–Crippen MR) is 68.4 cm³/mol. The molecule has 1 aromatic rings. The summed E-state index contributed by atoms with van der Waals surface area (Å²) in [5.74, 6) is 1.18. The summed E-state index contributed by atoms with van der Waals surface area (Å²) in [6.45, 7) is 3.63. The molecule has 0 aromatic carbocycles. The summed E-state index contributed by atoms with van der Waals surface area (Å²) >= 11 is 7.35. The molecule has 1 atom stereocenters. The number of hydrogen-bond donors (Lipinski definition) is 1. The summed E-state index contributed by atoms with van der Waals surface area (Å²) in [5, 5.41) is 4.35. The minimum atomic E-state index is 0.427. The van der Waals surface area contributed by atoms with E-state index in [4.69, 9.17) is 16.3 Å². The maximum absolute atomic E-state index is 5.88. The molecule has 1 heterocycles. The van der Waals surface area contributed by atoms with Crippen molar-refractivity contribution in [3.05, 3.63) is 11.2 Å². The van der Waals surface area contributed by atoms with E-state index in [1.165, 1.54) is 11.8 Å². The Morgan fingerprint density at radius 1 is 1.56 bits per heavy atom. The van der Waals surface area contributed by atoms with Crippen LogP contribution >= 0.6 is 23.4 Å². The first-order valence-corrected chi connectivity index (χ1v) is 6.57. The van der Waals surface area contributed by atoms with E-state index in [1.54, 1.807) is 13.2 Å². The third kappa shape index (κ3) is 4.55. The summed E-state index contributed by atoms with van der Waals surface area (Å²) in [6, 6.07) is 1.72. The van der Waals surface area contributed by atoms with Gasteiger partial charge in [-0.25, -0.2) is 9.97 Å². The number of methoxy groups -OCH3 is 1. The number of ether oxygens (including phenoxy) is 1. The van der Waals surface area contributed by atoms with Crippen molar-refractivity contribution in [2.45, 2.75) is 12.1 Å². The molecule has 0 radical (unpaired) electrons. The first-order valence-electron chi connectivity index (χ1n) is 4.97. The molecule has 0 aliphatic rings. The van der Waals surface area contributed by atoms with E-state index in [-0.39, 0.29) is 0 Å². The zero-order valence-electron chi connectivity index (χ0n) is 9.66. The molecule has 4 nitrogen and oxygen atoms in total. The molecule has 0 saturated heterocycles. The van der Waals surface area contributed by atoms with E-state index in [1.807, 2.05) is 6.26 Å². The molecule has 0 fully saturated rings. The van der Waals surface area contributed by atoms with Crippen LogP contribution in [0.5, 0.6) is 0 Å². The number of aromatic nitrogens is 2. The number of thioether (sulfide) groups is 1. The van der Waals surface area contributed by atoms with Crippen LogP contribution in [0.4, 0.5) is 5.82 Å². The average molecular weight is 262 g/mol. The summed E-state index contributed by atoms with van der Waals surface area (Å²) in [5.41, 5.74) is 0. The van der Waals surface area contributed by atoms with Crippen molar-refractivity contribution < 1.29 is 4.74 Å². The standard InChI is InChI=1S/C10H16ClN3OS/c1-7(6-15-2)5-12-9-4-8(11)13-10(14-9)16-3/h4,7H,5-6H2,1-3H3,(H,12,13,14). The molecule has 1 rings (SSSR count). The van der Waals surface area contributed by atoms with Gasteiger partial charge >= 0.3 is 0 Å². The molecule has 0 spiro atoms. The van der Waals surface area contributed by atoms with Gasteiger partial charge in [0.25, 0.3) is 0 Å². The maximum atomic E-state index is 5.88. The van der Waals surface area contributed by atoms with Gasteiger partial charge in [0.15, 0.2) is 5.16 Å². The lowest BCUT2D eigenvalue weighted by atomic mass is 10.2. The quantitative estimate of drug-likeness (QED) is 0.484. The number of nitrogens with zero attached hydrogens (tertiary/aromatic N) is 2. The van der Waals surface area contributed by atoms with Gasteiger partial charge in [-0.1, -0.05) is 30.3 Å². The smallest absolute Gasteiger partial charge is 0.190 e. The van der Waals surface area contributed by atoms with Gasteiger partial charge in [0, 0.05) is 19.7 Å². The second kappa shape index (κ2) is 6.93. The van der Waals surface area contributed by atoms with Gasteiger partial charge in [0.2, 0.25) is 0 Å². The lowest BCUT2D eigenvalue weighted by Crippen LogP contribution is -2.16. The van der Waals surface area contributed by atoms with Crippen LogP contribution in [0.2, 0.25) is 5.15 Å². The maximum Gasteiger partial charge on any atom is 0.190 e. The lowest BCUT2D eigenvalue weighted by Gasteiger charge is -2.12. The van der Waals surface area contributed by atoms with E-state index in [9.17, 15) is 0 Å². The van der Waals surface area contributed by atoms with Crippen LogP contribution in [0, 0.1) is 5.92 Å². The highest BCUT2D eigenvalue weighted by atomic mass is 35.5. The summed E-state index contributed by atoms with van der Waals surface area (Å²) in [7, 11) is 1.70. The fourth-order valence-electron chi connectivity index (χ4n) is 1.20. The van der Waals surface area contributed by atoms with Gasteiger partial charge in [-0.2, -0.15) is 0 Å². The van der Waals surface area contributed by atoms with Gasteiger partial charge in [0.1, 0.15) is 11.0 Å². The number of halogens is 1. The summed E-state index contributed by atoms with van der Waals surface area (Å²) in [4.78, 5) is 8.37. The van der Waals surface area contributed by atoms with Crippen molar-refractivity contribution in [2.75, 3.05) is 31.8 Å². The lowest BCUT2D eigenvalue weighted by molar-refractivity contribution is 0.164. The number of rotatable bonds is 6. The Labute approximate surface area is 105 Å². The molecule has 1 aromatic heterocycles. The monoisotopic (exact) mass is 261 g/mol. The van der Waals surface area contributed by atoms with Crippen LogP contribution in [-0.4, -0.2) is 36.5 Å². The van der Waals surface area contributed by atoms with E-state index >= 15 is 0 Å². The van der Waals surface area contributed by atoms with Crippen LogP contribution < -0.4 is 5.32 Å². The van der Waals surface area contributed by atoms with Crippen LogP contribution in [0.1, 0.15) is 6.92 Å². The van der Waals surface area contributed by atoms with Crippen molar-refractivity contribution in [1.82, 2.24) is 9.97 Å². The Balaban J connectivity index is 2.56. The van der Waals surface area contributed by atoms with Gasteiger partial charge in [0.05, 0.1) is 6.61 Å². The largest absolute Gasteiger partial charge is 0.384 e. The van der Waals surface area contributed by atoms with Crippen molar-refractivity contribution in [2.24, 2.45) is 5.92 Å². The molecule has 0 aliphatic carbocycles. The number of nitrogens with one attached hydrogen (secondary N) is 1. The van der Waals surface area contributed by atoms with E-state index in [0.29, 0.717) is 16.2 Å². The third-order valence-electron chi connectivity index (χ3n) is 1.94. The summed E-state index contributed by atoms with van der Waals surface area (Å²) in [6.07, 6.45) is 1.92. The van der Waals surface area contributed by atoms with Crippen molar-refractivity contribution in [3.8, 4) is 0 Å². The highest BCUT2D eigenvalue weighted by Crippen LogP contribution is 2.17. The Hall–Kier alpha value is -0.520. The van der Waals surface area contributed by atoms with Crippen molar-refractivity contribution in [1.29, 1.82) is 0 Å². The first kappa shape index (κ1) is 13.5. The van der Waals surface area contributed by atoms with Crippen LogP contribution in [0.25, 0.3) is 0 Å². The fraction of sp³-hybridized carbons (Fsp3) is 0.600. The highest BCUT2D eigenvalue weighted by Gasteiger charge is 2.04. The molecular formula is C10H16ClN3OS. The summed E-state index contributed by atoms with van der Waals surface area (Å²) < 4.78 is 5.06. The Morgan fingerprint density at radius 3 is 2.94 bits per heavy atom. The molecule has 90 valence electrons. The SMILES string of the molecule is COCC(C)CNc1cc(Cl)nc(SC)n1. The highest BCUT2D eigenvalue weighted by molar-refractivity contribution is 7.98. The third-order valence-corrected chi connectivity index (χ3v) is 2.68. The van der Waals surface area contributed by atoms with Gasteiger partial charge in [-0.3, -0.25) is 0 Å². The molecular weight excluding hydrogens is 246 g/mol. The minimum absolute atomic E-state index is 0.427. The number of hydrogen-bond acceptors (Lipinski definition) is 5. The molecule has 0 amide bonds. The van der Waals surface area contributed by atoms with Crippen molar-refractivity contribution in [3.63, 3.8) is 0 Å². The normalized spacial score (nSPS) is 12.5. The van der Waals surface area contributed by atoms with Crippen LogP contribution in [0.15, 0.2) is 11.2 Å². The van der Waals surface area contributed by atoms with Gasteiger partial charge < -0.3 is 10.1 Å². The van der Waals surface area contributed by atoms with Crippen LogP contribution in [-0.2, 0) is 4.74 Å². The van der Waals surface area contributed by atoms with Gasteiger partial charge in [-0.05, 0) is 12.2 Å². The fourth-order valence-corrected chi connectivity index (χ4v) is 1.81. The topological polar surface area (TPSA) is 47.0 Å². The van der Waals surface area contributed by atoms with Crippen molar-refractivity contribution >= 4 is 29.2 Å². The minimum Gasteiger partial charge on any atom is -0.384 e. The average Bonchev–Trinajstić information content (AvgIpc) is 2.26. The molecule has 0 bridgehead atoms. The first-order chi connectivity index (χ1) is 7.65. The van der Waals surface area contributed by atoms with E-state index < -0.39 is 0 Å². The Morgan fingerprint density at radius 2 is 2.31 bits per heavy atom. The predicted octanol–water partition coefficient (Wildman–Crippen LogP) is 2.55. The second-order valence-electron chi connectivity index (χ2n) is 3.50. The Kier molecular flexibility index (Phi) is 5.87.